The van der Waals surface area contributed by atoms with Crippen LogP contribution in [0, 0.1) is 5.53 Å². The molecule has 0 amide bonds. The molecule has 0 saturated heterocycles. The molecule has 0 saturated carbocycles. The smallest absolute Gasteiger partial charge is 0.0804 e. The topological polar surface area (TPSA) is 48.6 Å². The maximum absolute atomic E-state index is 6.61. The molecule has 50 valence electrons. The maximum Gasteiger partial charge on any atom is 0.0804 e. The van der Waals surface area contributed by atoms with Crippen LogP contribution in [0.25, 0.3) is 0 Å². The van der Waals surface area contributed by atoms with Crippen LogP contribution in [0.2, 0.25) is 0 Å². The van der Waals surface area contributed by atoms with Gasteiger partial charge in [0, 0.05) is 0 Å². The molecule has 0 fully saturated rings. The fourth-order valence-electron chi connectivity index (χ4n) is 0.248. The number of hydrogen-bond acceptors (Lipinski definition) is 3. The molecule has 0 unspecified atom stereocenters. The predicted molar refractivity (Wildman–Crippen MR) is 46.0 cm³/mol. The van der Waals surface area contributed by atoms with Gasteiger partial charge in [0.2, 0.25) is 0 Å². The van der Waals surface area contributed by atoms with Crippen LogP contribution in [-0.2, 0) is 0 Å². The molecular formula is C5H8IN3. The summed E-state index contributed by atoms with van der Waals surface area (Å²) in [4.78, 5) is 3.92. The van der Waals surface area contributed by atoms with Crippen LogP contribution in [-0.4, -0.2) is 4.22 Å². The maximum atomic E-state index is 6.61. The Bertz CT molecular complexity index is 160. The Labute approximate surface area is 67.9 Å². The van der Waals surface area contributed by atoms with Gasteiger partial charge in [-0.25, -0.2) is 5.53 Å². The van der Waals surface area contributed by atoms with Gasteiger partial charge in [-0.2, -0.15) is 5.11 Å². The summed E-state index contributed by atoms with van der Waals surface area (Å²) in [6, 6.07) is 0. The quantitative estimate of drug-likeness (QED) is 0.436. The molecule has 0 heterocycles. The number of rotatable bonds is 2. The number of aliphatic imine (C=N–C) groups is 1. The van der Waals surface area contributed by atoms with Crippen molar-refractivity contribution in [2.45, 2.75) is 13.8 Å². The third-order valence-electron chi connectivity index (χ3n) is 0.934. The highest BCUT2D eigenvalue weighted by Crippen LogP contribution is 2.04. The van der Waals surface area contributed by atoms with E-state index in [0.717, 1.165) is 5.70 Å². The first-order chi connectivity index (χ1) is 4.22. The van der Waals surface area contributed by atoms with Crippen LogP contribution in [0.15, 0.2) is 21.5 Å². The summed E-state index contributed by atoms with van der Waals surface area (Å²) in [7, 11) is 0. The average Bonchev–Trinajstić information content (AvgIpc) is 1.87. The van der Waals surface area contributed by atoms with E-state index < -0.39 is 0 Å². The van der Waals surface area contributed by atoms with Crippen molar-refractivity contribution in [1.82, 2.24) is 0 Å². The van der Waals surface area contributed by atoms with E-state index in [9.17, 15) is 0 Å². The summed E-state index contributed by atoms with van der Waals surface area (Å²) in [5.74, 6) is 0. The van der Waals surface area contributed by atoms with Gasteiger partial charge in [-0.1, -0.05) is 0 Å². The van der Waals surface area contributed by atoms with E-state index >= 15 is 0 Å². The molecule has 0 aromatic carbocycles. The van der Waals surface area contributed by atoms with E-state index in [4.69, 9.17) is 5.53 Å². The predicted octanol–water partition coefficient (Wildman–Crippen LogP) is 2.73. The average molecular weight is 237 g/mol. The van der Waals surface area contributed by atoms with Crippen molar-refractivity contribution >= 4 is 26.8 Å². The van der Waals surface area contributed by atoms with Gasteiger partial charge in [0.1, 0.15) is 0 Å². The van der Waals surface area contributed by atoms with Gasteiger partial charge in [-0.05, 0) is 36.4 Å². The number of nitrogens with one attached hydrogen (secondary N) is 1. The Morgan fingerprint density at radius 1 is 1.44 bits per heavy atom. The van der Waals surface area contributed by atoms with Crippen molar-refractivity contribution in [1.29, 1.82) is 5.53 Å². The lowest BCUT2D eigenvalue weighted by atomic mass is 10.4. The van der Waals surface area contributed by atoms with E-state index in [1.165, 1.54) is 0 Å². The van der Waals surface area contributed by atoms with Crippen LogP contribution in [0.4, 0.5) is 0 Å². The monoisotopic (exact) mass is 237 g/mol. The van der Waals surface area contributed by atoms with E-state index in [1.807, 2.05) is 29.5 Å². The number of halogens is 1. The summed E-state index contributed by atoms with van der Waals surface area (Å²) >= 11 is 2.02. The molecule has 0 bridgehead atoms. The SMILES string of the molecule is C/C(N=N)=C(C)/N=C\I. The van der Waals surface area contributed by atoms with Crippen LogP contribution in [0.3, 0.4) is 0 Å². The van der Waals surface area contributed by atoms with Crippen LogP contribution < -0.4 is 0 Å². The molecule has 0 spiro atoms. The van der Waals surface area contributed by atoms with E-state index in [1.54, 1.807) is 11.1 Å². The van der Waals surface area contributed by atoms with E-state index in [0.29, 0.717) is 5.70 Å². The Hall–Kier alpha value is -0.260. The number of nitrogens with zero attached hydrogens (tertiary/aromatic N) is 2. The van der Waals surface area contributed by atoms with Crippen molar-refractivity contribution in [2.75, 3.05) is 0 Å². The van der Waals surface area contributed by atoms with Gasteiger partial charge in [-0.15, -0.1) is 0 Å². The Balaban J connectivity index is 4.27. The first-order valence-electron chi connectivity index (χ1n) is 2.40. The fourth-order valence-corrected chi connectivity index (χ4v) is 0.665. The Kier molecular flexibility index (Phi) is 4.47. The molecule has 0 aliphatic heterocycles. The summed E-state index contributed by atoms with van der Waals surface area (Å²) in [6.45, 7) is 3.58. The highest BCUT2D eigenvalue weighted by atomic mass is 127. The number of allylic oxidation sites excluding steroid dienone is 2. The van der Waals surface area contributed by atoms with E-state index in [-0.39, 0.29) is 0 Å². The second-order valence-electron chi connectivity index (χ2n) is 1.51. The Morgan fingerprint density at radius 3 is 2.33 bits per heavy atom. The molecule has 0 atom stereocenters. The third-order valence-corrected chi connectivity index (χ3v) is 1.21. The lowest BCUT2D eigenvalue weighted by molar-refractivity contribution is 1.02. The minimum Gasteiger partial charge on any atom is -0.253 e. The molecule has 0 rings (SSSR count). The number of hydrogen-bond donors (Lipinski definition) is 1. The molecule has 0 aromatic rings. The molecule has 0 aromatic heterocycles. The van der Waals surface area contributed by atoms with Crippen molar-refractivity contribution in [3.63, 3.8) is 0 Å². The van der Waals surface area contributed by atoms with Crippen LogP contribution in [0.1, 0.15) is 13.8 Å². The van der Waals surface area contributed by atoms with Gasteiger partial charge in [0.05, 0.1) is 15.6 Å². The molecular weight excluding hydrogens is 229 g/mol. The normalized spacial score (nSPS) is 13.7. The summed E-state index contributed by atoms with van der Waals surface area (Å²) in [5.41, 5.74) is 8.05. The highest BCUT2D eigenvalue weighted by molar-refractivity contribution is 14.1. The molecule has 0 radical (unpaired) electrons. The van der Waals surface area contributed by atoms with Gasteiger partial charge < -0.3 is 0 Å². The minimum atomic E-state index is 0.655. The van der Waals surface area contributed by atoms with E-state index in [2.05, 4.69) is 10.1 Å². The van der Waals surface area contributed by atoms with Crippen molar-refractivity contribution in [3.8, 4) is 0 Å². The van der Waals surface area contributed by atoms with Gasteiger partial charge in [-0.3, -0.25) is 4.99 Å². The zero-order chi connectivity index (χ0) is 7.28. The highest BCUT2D eigenvalue weighted by Gasteiger charge is 1.88. The minimum absolute atomic E-state index is 0.655. The first kappa shape index (κ1) is 8.74. The van der Waals surface area contributed by atoms with Crippen LogP contribution >= 0.6 is 22.6 Å². The van der Waals surface area contributed by atoms with Gasteiger partial charge >= 0.3 is 0 Å². The fraction of sp³-hybridized carbons (Fsp3) is 0.400. The second kappa shape index (κ2) is 4.60. The van der Waals surface area contributed by atoms with Crippen molar-refractivity contribution in [3.05, 3.63) is 11.4 Å². The first-order valence-corrected chi connectivity index (χ1v) is 3.64. The molecule has 4 heteroatoms. The summed E-state index contributed by atoms with van der Waals surface area (Å²) in [5, 5.41) is 3.22. The zero-order valence-corrected chi connectivity index (χ0v) is 7.51. The largest absolute Gasteiger partial charge is 0.253 e. The standard InChI is InChI=1S/C5H8IN3/c1-4(8-3-6)5(2)9-7/h3,7H,1-2H3/b5-4-,8-3-,9-7?. The molecule has 0 aliphatic carbocycles. The van der Waals surface area contributed by atoms with Gasteiger partial charge in [0.25, 0.3) is 0 Å². The lowest BCUT2D eigenvalue weighted by Crippen LogP contribution is -1.73. The van der Waals surface area contributed by atoms with Crippen LogP contribution in [0.5, 0.6) is 0 Å². The molecule has 3 nitrogen and oxygen atoms in total. The molecule has 9 heavy (non-hydrogen) atoms. The Morgan fingerprint density at radius 2 is 2.00 bits per heavy atom. The lowest BCUT2D eigenvalue weighted by Gasteiger charge is -1.90. The summed E-state index contributed by atoms with van der Waals surface area (Å²) < 4.78 is 1.65. The zero-order valence-electron chi connectivity index (χ0n) is 5.35. The second-order valence-corrected chi connectivity index (χ2v) is 2.07. The third kappa shape index (κ3) is 3.34. The van der Waals surface area contributed by atoms with Gasteiger partial charge in [0.15, 0.2) is 0 Å². The van der Waals surface area contributed by atoms with Crippen molar-refractivity contribution in [2.24, 2.45) is 10.1 Å². The molecule has 1 N–H and O–H groups in total. The van der Waals surface area contributed by atoms with Crippen molar-refractivity contribution < 1.29 is 0 Å². The summed E-state index contributed by atoms with van der Waals surface area (Å²) in [6.07, 6.45) is 0. The molecule has 0 aliphatic rings.